The van der Waals surface area contributed by atoms with Crippen molar-refractivity contribution < 1.29 is 36.7 Å². The number of amides is 4. The lowest BCUT2D eigenvalue weighted by Gasteiger charge is -2.17. The Balaban J connectivity index is 1.57. The van der Waals surface area contributed by atoms with E-state index in [9.17, 15) is 36.7 Å². The van der Waals surface area contributed by atoms with Gasteiger partial charge < -0.3 is 10.6 Å². The summed E-state index contributed by atoms with van der Waals surface area (Å²) in [6.45, 7) is 0. The summed E-state index contributed by atoms with van der Waals surface area (Å²) in [5.74, 6) is -3.09. The van der Waals surface area contributed by atoms with Gasteiger partial charge in [0.05, 0.1) is 16.9 Å². The fraction of sp³-hybridized carbons (Fsp3) is 0.120. The van der Waals surface area contributed by atoms with Crippen LogP contribution in [0.15, 0.2) is 66.7 Å². The minimum Gasteiger partial charge on any atom is -0.322 e. The Morgan fingerprint density at radius 1 is 0.778 bits per heavy atom. The van der Waals surface area contributed by atoms with Crippen molar-refractivity contribution in [3.8, 4) is 0 Å². The van der Waals surface area contributed by atoms with Crippen molar-refractivity contribution in [3.05, 3.63) is 89.2 Å². The van der Waals surface area contributed by atoms with Crippen molar-refractivity contribution in [2.24, 2.45) is 0 Å². The number of nitrogens with one attached hydrogen (secondary N) is 2. The first-order chi connectivity index (χ1) is 17.0. The van der Waals surface area contributed by atoms with E-state index in [1.54, 1.807) is 0 Å². The highest BCUT2D eigenvalue weighted by atomic mass is 19.4. The molecule has 0 radical (unpaired) electrons. The van der Waals surface area contributed by atoms with Crippen molar-refractivity contribution in [3.63, 3.8) is 0 Å². The maximum absolute atomic E-state index is 13.8. The van der Waals surface area contributed by atoms with E-state index in [0.717, 1.165) is 23.1 Å². The van der Waals surface area contributed by atoms with Crippen LogP contribution >= 0.6 is 0 Å². The summed E-state index contributed by atoms with van der Waals surface area (Å²) in [4.78, 5) is 49.9. The fourth-order valence-electron chi connectivity index (χ4n) is 3.62. The number of rotatable bonds is 5. The van der Waals surface area contributed by atoms with Gasteiger partial charge in [-0.1, -0.05) is 6.07 Å². The minimum absolute atomic E-state index is 0.0360. The number of imide groups is 1. The monoisotopic (exact) mass is 499 g/mol. The van der Waals surface area contributed by atoms with E-state index in [4.69, 9.17) is 0 Å². The van der Waals surface area contributed by atoms with Crippen LogP contribution in [0.3, 0.4) is 0 Å². The molecule has 2 N–H and O–H groups in total. The van der Waals surface area contributed by atoms with Crippen LogP contribution in [0.25, 0.3) is 0 Å². The number of alkyl halides is 3. The molecule has 1 saturated heterocycles. The molecule has 3 aromatic rings. The second-order valence-corrected chi connectivity index (χ2v) is 7.85. The van der Waals surface area contributed by atoms with Gasteiger partial charge in [-0.15, -0.1) is 0 Å². The SMILES string of the molecule is O=C(Nc1ccc(NC(=O)c2cccc(N3C(=O)CCC3=O)c2)c(C(F)(F)F)c1)c1ccc(F)cc1. The summed E-state index contributed by atoms with van der Waals surface area (Å²) < 4.78 is 54.3. The van der Waals surface area contributed by atoms with Gasteiger partial charge in [-0.05, 0) is 60.7 Å². The Labute approximate surface area is 201 Å². The van der Waals surface area contributed by atoms with Crippen LogP contribution in [0.4, 0.5) is 34.6 Å². The number of benzene rings is 3. The Hall–Kier alpha value is -4.54. The van der Waals surface area contributed by atoms with Gasteiger partial charge in [0.15, 0.2) is 0 Å². The third-order valence-electron chi connectivity index (χ3n) is 5.36. The van der Waals surface area contributed by atoms with Crippen molar-refractivity contribution in [2.75, 3.05) is 15.5 Å². The Morgan fingerprint density at radius 3 is 2.06 bits per heavy atom. The molecule has 7 nitrogen and oxygen atoms in total. The number of halogens is 4. The summed E-state index contributed by atoms with van der Waals surface area (Å²) >= 11 is 0. The number of carbonyl (C=O) groups is 4. The van der Waals surface area contributed by atoms with Gasteiger partial charge in [0.2, 0.25) is 11.8 Å². The van der Waals surface area contributed by atoms with Crippen LogP contribution in [0, 0.1) is 5.82 Å². The zero-order valence-corrected chi connectivity index (χ0v) is 18.4. The van der Waals surface area contributed by atoms with Crippen molar-refractivity contribution in [1.29, 1.82) is 0 Å². The van der Waals surface area contributed by atoms with Gasteiger partial charge in [0.25, 0.3) is 11.8 Å². The molecule has 0 atom stereocenters. The predicted molar refractivity (Wildman–Crippen MR) is 122 cm³/mol. The van der Waals surface area contributed by atoms with E-state index in [0.29, 0.717) is 6.07 Å². The third kappa shape index (κ3) is 5.24. The van der Waals surface area contributed by atoms with Crippen molar-refractivity contribution in [2.45, 2.75) is 19.0 Å². The van der Waals surface area contributed by atoms with Gasteiger partial charge >= 0.3 is 6.18 Å². The number of carbonyl (C=O) groups excluding carboxylic acids is 4. The molecule has 36 heavy (non-hydrogen) atoms. The highest BCUT2D eigenvalue weighted by molar-refractivity contribution is 6.20. The smallest absolute Gasteiger partial charge is 0.322 e. The van der Waals surface area contributed by atoms with Gasteiger partial charge in [0, 0.05) is 29.7 Å². The summed E-state index contributed by atoms with van der Waals surface area (Å²) in [5, 5.41) is 4.50. The van der Waals surface area contributed by atoms with Gasteiger partial charge in [-0.25, -0.2) is 4.39 Å². The number of hydrogen-bond donors (Lipinski definition) is 2. The average Bonchev–Trinajstić information content (AvgIpc) is 3.17. The largest absolute Gasteiger partial charge is 0.418 e. The van der Waals surface area contributed by atoms with Gasteiger partial charge in [0.1, 0.15) is 5.82 Å². The predicted octanol–water partition coefficient (Wildman–Crippen LogP) is 5.00. The zero-order valence-electron chi connectivity index (χ0n) is 18.4. The lowest BCUT2D eigenvalue weighted by atomic mass is 10.1. The normalized spacial score (nSPS) is 13.6. The molecule has 0 spiro atoms. The average molecular weight is 499 g/mol. The maximum Gasteiger partial charge on any atom is 0.418 e. The van der Waals surface area contributed by atoms with Crippen molar-refractivity contribution in [1.82, 2.24) is 0 Å². The fourth-order valence-corrected chi connectivity index (χ4v) is 3.62. The minimum atomic E-state index is -4.88. The Kier molecular flexibility index (Phi) is 6.56. The maximum atomic E-state index is 13.8. The van der Waals surface area contributed by atoms with Crippen LogP contribution in [-0.2, 0) is 15.8 Å². The molecule has 0 aliphatic carbocycles. The van der Waals surface area contributed by atoms with E-state index in [1.807, 2.05) is 0 Å². The Bertz CT molecular complexity index is 1350. The molecule has 11 heteroatoms. The molecule has 0 unspecified atom stereocenters. The summed E-state index contributed by atoms with van der Waals surface area (Å²) in [5.41, 5.74) is -1.86. The molecule has 184 valence electrons. The van der Waals surface area contributed by atoms with E-state index in [-0.39, 0.29) is 35.3 Å². The molecule has 1 aliphatic heterocycles. The topological polar surface area (TPSA) is 95.6 Å². The van der Waals surface area contributed by atoms with Crippen LogP contribution in [0.2, 0.25) is 0 Å². The number of hydrogen-bond acceptors (Lipinski definition) is 4. The lowest BCUT2D eigenvalue weighted by Crippen LogP contribution is -2.28. The molecule has 1 aliphatic rings. The van der Waals surface area contributed by atoms with Crippen molar-refractivity contribution >= 4 is 40.7 Å². The molecule has 0 aromatic heterocycles. The molecule has 4 rings (SSSR count). The third-order valence-corrected chi connectivity index (χ3v) is 5.36. The quantitative estimate of drug-likeness (QED) is 0.382. The van der Waals surface area contributed by atoms with Crippen LogP contribution in [0.1, 0.15) is 39.1 Å². The molecular formula is C25H17F4N3O4. The highest BCUT2D eigenvalue weighted by Crippen LogP contribution is 2.37. The molecule has 1 fully saturated rings. The summed E-state index contributed by atoms with van der Waals surface area (Å²) in [6, 6.07) is 12.7. The number of anilines is 3. The van der Waals surface area contributed by atoms with E-state index >= 15 is 0 Å². The van der Waals surface area contributed by atoms with Gasteiger partial charge in [-0.2, -0.15) is 13.2 Å². The first-order valence-electron chi connectivity index (χ1n) is 10.6. The first-order valence-corrected chi connectivity index (χ1v) is 10.6. The molecule has 0 bridgehead atoms. The van der Waals surface area contributed by atoms with Crippen LogP contribution in [0.5, 0.6) is 0 Å². The van der Waals surface area contributed by atoms with E-state index in [2.05, 4.69) is 10.6 Å². The van der Waals surface area contributed by atoms with Gasteiger partial charge in [-0.3, -0.25) is 24.1 Å². The van der Waals surface area contributed by atoms with E-state index < -0.39 is 46.9 Å². The molecule has 1 heterocycles. The van der Waals surface area contributed by atoms with Crippen LogP contribution in [-0.4, -0.2) is 23.6 Å². The number of nitrogens with zero attached hydrogens (tertiary/aromatic N) is 1. The first kappa shape index (κ1) is 24.6. The summed E-state index contributed by atoms with van der Waals surface area (Å²) in [6.07, 6.45) is -4.81. The molecular weight excluding hydrogens is 482 g/mol. The lowest BCUT2D eigenvalue weighted by molar-refractivity contribution is -0.137. The molecule has 3 aromatic carbocycles. The molecule has 0 saturated carbocycles. The molecule has 4 amide bonds. The second kappa shape index (κ2) is 9.61. The Morgan fingerprint density at radius 2 is 1.42 bits per heavy atom. The zero-order chi connectivity index (χ0) is 26.0. The van der Waals surface area contributed by atoms with E-state index in [1.165, 1.54) is 42.5 Å². The second-order valence-electron chi connectivity index (χ2n) is 7.85. The standard InChI is InChI=1S/C25H17F4N3O4/c26-16-6-4-14(5-7-16)23(35)30-17-8-9-20(19(13-17)25(27,28)29)31-24(36)15-2-1-3-18(12-15)32-21(33)10-11-22(32)34/h1-9,12-13H,10-11H2,(H,30,35)(H,31,36). The summed E-state index contributed by atoms with van der Waals surface area (Å²) in [7, 11) is 0. The highest BCUT2D eigenvalue weighted by Gasteiger charge is 2.35. The van der Waals surface area contributed by atoms with Crippen LogP contribution < -0.4 is 15.5 Å².